The lowest BCUT2D eigenvalue weighted by Gasteiger charge is -2.21. The molecule has 0 radical (unpaired) electrons. The molecule has 11 aromatic rings. The Bertz CT molecular complexity index is 3280. The van der Waals surface area contributed by atoms with Crippen LogP contribution >= 0.6 is 0 Å². The predicted octanol–water partition coefficient (Wildman–Crippen LogP) is 16.3. The molecular formula is C58H38. The van der Waals surface area contributed by atoms with Crippen molar-refractivity contribution in [2.24, 2.45) is 0 Å². The van der Waals surface area contributed by atoms with E-state index in [4.69, 9.17) is 0 Å². The smallest absolute Gasteiger partial charge is 0.00199 e. The molecule has 0 fully saturated rings. The van der Waals surface area contributed by atoms with E-state index in [-0.39, 0.29) is 0 Å². The third-order valence-electron chi connectivity index (χ3n) is 11.8. The first kappa shape index (κ1) is 33.8. The van der Waals surface area contributed by atoms with E-state index in [9.17, 15) is 0 Å². The molecule has 0 saturated carbocycles. The Morgan fingerprint density at radius 3 is 1.10 bits per heavy atom. The van der Waals surface area contributed by atoms with Gasteiger partial charge in [-0.1, -0.05) is 200 Å². The average molecular weight is 735 g/mol. The van der Waals surface area contributed by atoms with Gasteiger partial charge in [-0.25, -0.2) is 0 Å². The van der Waals surface area contributed by atoms with Gasteiger partial charge in [-0.05, 0) is 140 Å². The number of benzene rings is 11. The van der Waals surface area contributed by atoms with E-state index >= 15 is 0 Å². The van der Waals surface area contributed by atoms with Gasteiger partial charge in [-0.3, -0.25) is 0 Å². The van der Waals surface area contributed by atoms with Crippen molar-refractivity contribution < 1.29 is 0 Å². The SMILES string of the molecule is c1ccc(-c2c3ccccc3c(-c3cc(-c4cccc(-c5ccc6ccccc6c5)c4)ccc3-c3cccc(-c4ccc5ccccc5c4)c3)c3ccccc23)cc1. The lowest BCUT2D eigenvalue weighted by molar-refractivity contribution is 1.57. The minimum Gasteiger partial charge on any atom is -0.0622 e. The third kappa shape index (κ3) is 5.95. The second-order valence-corrected chi connectivity index (χ2v) is 15.3. The Morgan fingerprint density at radius 2 is 0.552 bits per heavy atom. The van der Waals surface area contributed by atoms with Gasteiger partial charge in [-0.15, -0.1) is 0 Å². The van der Waals surface area contributed by atoms with Crippen LogP contribution in [0.5, 0.6) is 0 Å². The van der Waals surface area contributed by atoms with Crippen molar-refractivity contribution >= 4 is 43.1 Å². The van der Waals surface area contributed by atoms with Gasteiger partial charge in [0, 0.05) is 0 Å². The zero-order valence-electron chi connectivity index (χ0n) is 31.9. The maximum atomic E-state index is 2.44. The second kappa shape index (κ2) is 14.2. The van der Waals surface area contributed by atoms with Gasteiger partial charge < -0.3 is 0 Å². The molecule has 0 atom stereocenters. The monoisotopic (exact) mass is 734 g/mol. The van der Waals surface area contributed by atoms with Crippen molar-refractivity contribution in [1.29, 1.82) is 0 Å². The largest absolute Gasteiger partial charge is 0.0622 e. The van der Waals surface area contributed by atoms with Gasteiger partial charge >= 0.3 is 0 Å². The summed E-state index contributed by atoms with van der Waals surface area (Å²) in [6, 6.07) is 84.7. The third-order valence-corrected chi connectivity index (χ3v) is 11.8. The molecule has 0 aliphatic carbocycles. The van der Waals surface area contributed by atoms with Crippen LogP contribution in [-0.4, -0.2) is 0 Å². The Morgan fingerprint density at radius 1 is 0.172 bits per heavy atom. The summed E-state index contributed by atoms with van der Waals surface area (Å²) in [5.74, 6) is 0. The highest BCUT2D eigenvalue weighted by molar-refractivity contribution is 6.22. The van der Waals surface area contributed by atoms with Crippen molar-refractivity contribution in [2.75, 3.05) is 0 Å². The van der Waals surface area contributed by atoms with Gasteiger partial charge in [0.15, 0.2) is 0 Å². The van der Waals surface area contributed by atoms with Crippen molar-refractivity contribution in [3.63, 3.8) is 0 Å². The summed E-state index contributed by atoms with van der Waals surface area (Å²) >= 11 is 0. The highest BCUT2D eigenvalue weighted by Crippen LogP contribution is 2.47. The molecule has 0 heterocycles. The van der Waals surface area contributed by atoms with Crippen LogP contribution in [0.15, 0.2) is 231 Å². The highest BCUT2D eigenvalue weighted by atomic mass is 14.2. The molecule has 0 unspecified atom stereocenters. The predicted molar refractivity (Wildman–Crippen MR) is 249 cm³/mol. The fraction of sp³-hybridized carbons (Fsp3) is 0. The molecule has 0 nitrogen and oxygen atoms in total. The van der Waals surface area contributed by atoms with Crippen LogP contribution in [0.2, 0.25) is 0 Å². The molecule has 0 aliphatic rings. The van der Waals surface area contributed by atoms with Gasteiger partial charge in [-0.2, -0.15) is 0 Å². The lowest BCUT2D eigenvalue weighted by atomic mass is 9.82. The zero-order chi connectivity index (χ0) is 38.4. The van der Waals surface area contributed by atoms with Crippen molar-refractivity contribution in [3.05, 3.63) is 231 Å². The first-order chi connectivity index (χ1) is 28.7. The Balaban J connectivity index is 1.15. The molecule has 11 rings (SSSR count). The average Bonchev–Trinajstić information content (AvgIpc) is 3.30. The van der Waals surface area contributed by atoms with Crippen molar-refractivity contribution in [1.82, 2.24) is 0 Å². The van der Waals surface area contributed by atoms with Crippen molar-refractivity contribution in [3.8, 4) is 66.8 Å². The minimum absolute atomic E-state index is 1.19. The van der Waals surface area contributed by atoms with E-state index in [2.05, 4.69) is 231 Å². The first-order valence-corrected chi connectivity index (χ1v) is 20.1. The van der Waals surface area contributed by atoms with Gasteiger partial charge in [0.05, 0.1) is 0 Å². The highest BCUT2D eigenvalue weighted by Gasteiger charge is 2.20. The topological polar surface area (TPSA) is 0 Å². The van der Waals surface area contributed by atoms with Crippen LogP contribution in [0, 0.1) is 0 Å². The molecule has 270 valence electrons. The van der Waals surface area contributed by atoms with Gasteiger partial charge in [0.2, 0.25) is 0 Å². The Kier molecular flexibility index (Phi) is 8.26. The summed E-state index contributed by atoms with van der Waals surface area (Å²) in [7, 11) is 0. The normalized spacial score (nSPS) is 11.4. The van der Waals surface area contributed by atoms with Crippen LogP contribution in [0.25, 0.3) is 110 Å². The fourth-order valence-corrected chi connectivity index (χ4v) is 9.00. The first-order valence-electron chi connectivity index (χ1n) is 20.1. The maximum Gasteiger partial charge on any atom is -0.00199 e. The number of hydrogen-bond acceptors (Lipinski definition) is 0. The van der Waals surface area contributed by atoms with E-state index in [1.54, 1.807) is 0 Å². The molecular weight excluding hydrogens is 697 g/mol. The maximum absolute atomic E-state index is 2.44. The molecule has 0 aromatic heterocycles. The number of rotatable bonds is 6. The van der Waals surface area contributed by atoms with Crippen LogP contribution in [0.3, 0.4) is 0 Å². The summed E-state index contributed by atoms with van der Waals surface area (Å²) in [6.07, 6.45) is 0. The molecule has 0 heteroatoms. The standard InChI is InChI=1S/C58H38/c1-2-16-41(17-3-1)57-52-24-8-10-26-54(52)58(55-27-11-9-25-53(55)57)56-38-49(45-21-12-20-44(36-45)47-30-28-39-14-4-6-18-42(39)34-47)32-33-51(56)50-23-13-22-46(37-50)48-31-29-40-15-5-7-19-43(40)35-48/h1-38H. The number of hydrogen-bond donors (Lipinski definition) is 0. The molecule has 0 saturated heterocycles. The Hall–Kier alpha value is -7.54. The molecule has 0 spiro atoms. The van der Waals surface area contributed by atoms with E-state index in [0.717, 1.165) is 0 Å². The molecule has 0 bridgehead atoms. The van der Waals surface area contributed by atoms with Crippen LogP contribution in [0.4, 0.5) is 0 Å². The van der Waals surface area contributed by atoms with Gasteiger partial charge in [0.1, 0.15) is 0 Å². The molecule has 0 N–H and O–H groups in total. The van der Waals surface area contributed by atoms with Crippen LogP contribution in [0.1, 0.15) is 0 Å². The summed E-state index contributed by atoms with van der Waals surface area (Å²) in [6.45, 7) is 0. The Labute approximate surface area is 339 Å². The summed E-state index contributed by atoms with van der Waals surface area (Å²) in [5, 5.41) is 10.00. The minimum atomic E-state index is 1.19. The number of fused-ring (bicyclic) bond motifs is 4. The molecule has 58 heavy (non-hydrogen) atoms. The molecule has 11 aromatic carbocycles. The molecule has 0 aliphatic heterocycles. The van der Waals surface area contributed by atoms with Crippen molar-refractivity contribution in [2.45, 2.75) is 0 Å². The zero-order valence-corrected chi connectivity index (χ0v) is 31.9. The fourth-order valence-electron chi connectivity index (χ4n) is 9.00. The lowest BCUT2D eigenvalue weighted by Crippen LogP contribution is -1.94. The van der Waals surface area contributed by atoms with E-state index in [0.29, 0.717) is 0 Å². The summed E-state index contributed by atoms with van der Waals surface area (Å²) in [4.78, 5) is 0. The van der Waals surface area contributed by atoms with E-state index in [1.165, 1.54) is 110 Å². The summed E-state index contributed by atoms with van der Waals surface area (Å²) in [5.41, 5.74) is 14.6. The van der Waals surface area contributed by atoms with Crippen LogP contribution in [-0.2, 0) is 0 Å². The summed E-state index contributed by atoms with van der Waals surface area (Å²) < 4.78 is 0. The quantitative estimate of drug-likeness (QED) is 0.149. The molecule has 0 amide bonds. The van der Waals surface area contributed by atoms with E-state index in [1.807, 2.05) is 0 Å². The van der Waals surface area contributed by atoms with Gasteiger partial charge in [0.25, 0.3) is 0 Å². The second-order valence-electron chi connectivity index (χ2n) is 15.3. The van der Waals surface area contributed by atoms with Crippen LogP contribution < -0.4 is 0 Å². The van der Waals surface area contributed by atoms with E-state index < -0.39 is 0 Å².